The van der Waals surface area contributed by atoms with Crippen molar-refractivity contribution >= 4 is 11.6 Å². The number of piperidine rings is 1. The predicted octanol–water partition coefficient (Wildman–Crippen LogP) is 2.00. The Bertz CT molecular complexity index is 978. The van der Waals surface area contributed by atoms with Gasteiger partial charge in [0.05, 0.1) is 12.6 Å². The number of nitrogens with one attached hydrogen (secondary N) is 1. The number of amides is 1. The minimum atomic E-state index is -0.296. The lowest BCUT2D eigenvalue weighted by atomic mass is 9.93. The summed E-state index contributed by atoms with van der Waals surface area (Å²) in [4.78, 5) is 27.9. The first-order valence-electron chi connectivity index (χ1n) is 10.5. The molecule has 8 heteroatoms. The van der Waals surface area contributed by atoms with Crippen LogP contribution in [-0.2, 0) is 6.54 Å². The molecule has 1 saturated heterocycles. The number of aliphatic hydroxyl groups is 1. The highest BCUT2D eigenvalue weighted by atomic mass is 16.3. The van der Waals surface area contributed by atoms with E-state index >= 15 is 0 Å². The van der Waals surface area contributed by atoms with Crippen LogP contribution >= 0.6 is 0 Å². The molecule has 3 aromatic rings. The Morgan fingerprint density at radius 1 is 1.20 bits per heavy atom. The Labute approximate surface area is 176 Å². The number of nitrogens with zero attached hydrogens (tertiary/aromatic N) is 5. The summed E-state index contributed by atoms with van der Waals surface area (Å²) in [5.74, 6) is 0.102. The van der Waals surface area contributed by atoms with E-state index in [9.17, 15) is 9.90 Å². The third kappa shape index (κ3) is 4.34. The van der Waals surface area contributed by atoms with Gasteiger partial charge in [-0.1, -0.05) is 6.92 Å². The van der Waals surface area contributed by atoms with Crippen molar-refractivity contribution in [3.8, 4) is 0 Å². The fraction of sp³-hybridized carbons (Fsp3) is 0.455. The molecular formula is C22H28N6O2. The number of hydrogen-bond acceptors (Lipinski definition) is 6. The molecule has 1 atom stereocenters. The monoisotopic (exact) mass is 408 g/mol. The summed E-state index contributed by atoms with van der Waals surface area (Å²) in [6.07, 6.45) is 9.88. The van der Waals surface area contributed by atoms with Crippen LogP contribution in [0.5, 0.6) is 0 Å². The van der Waals surface area contributed by atoms with E-state index in [1.807, 2.05) is 29.8 Å². The lowest BCUT2D eigenvalue weighted by Gasteiger charge is -2.32. The van der Waals surface area contributed by atoms with Crippen LogP contribution in [0.1, 0.15) is 53.8 Å². The zero-order chi connectivity index (χ0) is 20.9. The lowest BCUT2D eigenvalue weighted by Crippen LogP contribution is -2.37. The van der Waals surface area contributed by atoms with Crippen LogP contribution in [0.15, 0.2) is 43.1 Å². The molecule has 3 aromatic heterocycles. The van der Waals surface area contributed by atoms with Crippen LogP contribution in [0.3, 0.4) is 0 Å². The molecule has 2 N–H and O–H groups in total. The number of rotatable bonds is 7. The van der Waals surface area contributed by atoms with Gasteiger partial charge in [-0.05, 0) is 56.1 Å². The summed E-state index contributed by atoms with van der Waals surface area (Å²) in [7, 11) is 0. The van der Waals surface area contributed by atoms with Gasteiger partial charge in [-0.25, -0.2) is 9.97 Å². The van der Waals surface area contributed by atoms with Crippen molar-refractivity contribution < 1.29 is 9.90 Å². The number of fused-ring (bicyclic) bond motifs is 1. The van der Waals surface area contributed by atoms with Crippen LogP contribution in [0.4, 0.5) is 0 Å². The molecule has 0 unspecified atom stereocenters. The smallest absolute Gasteiger partial charge is 0.274 e. The molecule has 0 saturated carbocycles. The minimum absolute atomic E-state index is 0.0925. The zero-order valence-electron chi connectivity index (χ0n) is 17.2. The van der Waals surface area contributed by atoms with E-state index in [0.29, 0.717) is 23.7 Å². The SMILES string of the molecule is CC[C@H](CO)NC(=O)c1ncn2c(C3CCN(Cc4ccncc4)CC3)ccnc12. The van der Waals surface area contributed by atoms with Crippen LogP contribution in [0, 0.1) is 0 Å². The number of aromatic nitrogens is 4. The van der Waals surface area contributed by atoms with Gasteiger partial charge in [-0.3, -0.25) is 19.1 Å². The number of hydrogen-bond donors (Lipinski definition) is 2. The Balaban J connectivity index is 1.46. The number of aliphatic hydroxyl groups excluding tert-OH is 1. The summed E-state index contributed by atoms with van der Waals surface area (Å²) >= 11 is 0. The first-order valence-corrected chi connectivity index (χ1v) is 10.5. The standard InChI is InChI=1S/C22H28N6O2/c1-2-18(14-29)26-22(30)20-21-24-10-5-19(28(21)15-25-20)17-6-11-27(12-7-17)13-16-3-8-23-9-4-16/h3-5,8-10,15,17-18,29H,2,6-7,11-14H2,1H3,(H,26,30)/t18-/m1/s1. The summed E-state index contributed by atoms with van der Waals surface area (Å²) in [6, 6.07) is 5.89. The molecule has 1 amide bonds. The van der Waals surface area contributed by atoms with E-state index in [0.717, 1.165) is 38.2 Å². The Hall–Kier alpha value is -2.84. The van der Waals surface area contributed by atoms with Gasteiger partial charge in [0.2, 0.25) is 0 Å². The Morgan fingerprint density at radius 3 is 2.67 bits per heavy atom. The number of imidazole rings is 1. The summed E-state index contributed by atoms with van der Waals surface area (Å²) < 4.78 is 1.94. The van der Waals surface area contributed by atoms with E-state index in [-0.39, 0.29) is 18.6 Å². The second-order valence-corrected chi connectivity index (χ2v) is 7.82. The molecule has 1 aliphatic rings. The molecule has 4 heterocycles. The maximum absolute atomic E-state index is 12.6. The third-order valence-electron chi connectivity index (χ3n) is 5.89. The number of carbonyl (C=O) groups is 1. The van der Waals surface area contributed by atoms with Crippen molar-refractivity contribution in [3.63, 3.8) is 0 Å². The molecule has 8 nitrogen and oxygen atoms in total. The van der Waals surface area contributed by atoms with Crippen LogP contribution < -0.4 is 5.32 Å². The first-order chi connectivity index (χ1) is 14.7. The topological polar surface area (TPSA) is 95.6 Å². The third-order valence-corrected chi connectivity index (χ3v) is 5.89. The van der Waals surface area contributed by atoms with Gasteiger partial charge >= 0.3 is 0 Å². The van der Waals surface area contributed by atoms with E-state index in [1.165, 1.54) is 5.56 Å². The minimum Gasteiger partial charge on any atom is -0.394 e. The number of carbonyl (C=O) groups excluding carboxylic acids is 1. The quantitative estimate of drug-likeness (QED) is 0.621. The van der Waals surface area contributed by atoms with Crippen molar-refractivity contribution in [1.29, 1.82) is 0 Å². The van der Waals surface area contributed by atoms with Crippen molar-refractivity contribution in [2.75, 3.05) is 19.7 Å². The maximum Gasteiger partial charge on any atom is 0.274 e. The van der Waals surface area contributed by atoms with Crippen molar-refractivity contribution in [1.82, 2.24) is 29.6 Å². The average Bonchev–Trinajstić information content (AvgIpc) is 3.23. The first kappa shape index (κ1) is 20.4. The summed E-state index contributed by atoms with van der Waals surface area (Å²) in [6.45, 7) is 4.81. The van der Waals surface area contributed by atoms with Gasteiger partial charge in [-0.15, -0.1) is 0 Å². The fourth-order valence-corrected chi connectivity index (χ4v) is 4.08. The highest BCUT2D eigenvalue weighted by Crippen LogP contribution is 2.29. The van der Waals surface area contributed by atoms with Crippen LogP contribution in [-0.4, -0.2) is 61.0 Å². The van der Waals surface area contributed by atoms with Gasteiger partial charge in [0.25, 0.3) is 5.91 Å². The van der Waals surface area contributed by atoms with E-state index in [4.69, 9.17) is 0 Å². The molecule has 0 bridgehead atoms. The maximum atomic E-state index is 12.6. The normalized spacial score (nSPS) is 16.6. The van der Waals surface area contributed by atoms with Gasteiger partial charge in [0, 0.05) is 36.7 Å². The van der Waals surface area contributed by atoms with Crippen LogP contribution in [0.25, 0.3) is 5.65 Å². The Kier molecular flexibility index (Phi) is 6.35. The van der Waals surface area contributed by atoms with E-state index in [1.54, 1.807) is 12.5 Å². The average molecular weight is 409 g/mol. The van der Waals surface area contributed by atoms with E-state index in [2.05, 4.69) is 37.3 Å². The molecule has 1 aliphatic heterocycles. The van der Waals surface area contributed by atoms with Crippen molar-refractivity contribution in [3.05, 3.63) is 60.1 Å². The van der Waals surface area contributed by atoms with Gasteiger partial charge < -0.3 is 10.4 Å². The largest absolute Gasteiger partial charge is 0.394 e. The molecular weight excluding hydrogens is 380 g/mol. The molecule has 30 heavy (non-hydrogen) atoms. The number of likely N-dealkylation sites (tertiary alicyclic amines) is 1. The summed E-state index contributed by atoms with van der Waals surface area (Å²) in [5.41, 5.74) is 3.30. The second kappa shape index (κ2) is 9.32. The van der Waals surface area contributed by atoms with Crippen LogP contribution in [0.2, 0.25) is 0 Å². The zero-order valence-corrected chi connectivity index (χ0v) is 17.2. The number of pyridine rings is 1. The fourth-order valence-electron chi connectivity index (χ4n) is 4.08. The molecule has 0 spiro atoms. The molecule has 0 aliphatic carbocycles. The molecule has 1 fully saturated rings. The highest BCUT2D eigenvalue weighted by molar-refractivity contribution is 5.98. The predicted molar refractivity (Wildman–Crippen MR) is 113 cm³/mol. The highest BCUT2D eigenvalue weighted by Gasteiger charge is 2.25. The molecule has 0 radical (unpaired) electrons. The summed E-state index contributed by atoms with van der Waals surface area (Å²) in [5, 5.41) is 12.2. The van der Waals surface area contributed by atoms with Crippen molar-refractivity contribution in [2.24, 2.45) is 0 Å². The van der Waals surface area contributed by atoms with Crippen molar-refractivity contribution in [2.45, 2.75) is 44.7 Å². The lowest BCUT2D eigenvalue weighted by molar-refractivity contribution is 0.0912. The van der Waals surface area contributed by atoms with Gasteiger partial charge in [0.15, 0.2) is 11.3 Å². The second-order valence-electron chi connectivity index (χ2n) is 7.82. The Morgan fingerprint density at radius 2 is 1.97 bits per heavy atom. The molecule has 158 valence electrons. The molecule has 0 aromatic carbocycles. The molecule has 4 rings (SSSR count). The van der Waals surface area contributed by atoms with Gasteiger partial charge in [0.1, 0.15) is 6.33 Å². The van der Waals surface area contributed by atoms with Gasteiger partial charge in [-0.2, -0.15) is 0 Å². The van der Waals surface area contributed by atoms with E-state index < -0.39 is 0 Å².